The summed E-state index contributed by atoms with van der Waals surface area (Å²) in [5.74, 6) is 2.60. The van der Waals surface area contributed by atoms with Crippen LogP contribution in [0.15, 0.2) is 24.0 Å². The predicted molar refractivity (Wildman–Crippen MR) is 86.1 cm³/mol. The summed E-state index contributed by atoms with van der Waals surface area (Å²) in [6, 6.07) is 0. The van der Waals surface area contributed by atoms with Crippen molar-refractivity contribution in [2.45, 2.75) is 25.2 Å². The molecule has 0 fully saturated rings. The smallest absolute Gasteiger partial charge is 0.227 e. The number of hydrogen-bond donors (Lipinski definition) is 0. The summed E-state index contributed by atoms with van der Waals surface area (Å²) in [7, 11) is -1.81. The molecule has 0 saturated carbocycles. The van der Waals surface area contributed by atoms with Crippen LogP contribution >= 0.6 is 0 Å². The molecule has 0 amide bonds. The van der Waals surface area contributed by atoms with Crippen LogP contribution in [0.2, 0.25) is 0 Å². The second kappa shape index (κ2) is 8.73. The summed E-state index contributed by atoms with van der Waals surface area (Å²) in [4.78, 5) is 6.08. The quantitative estimate of drug-likeness (QED) is 0.473. The van der Waals surface area contributed by atoms with Crippen molar-refractivity contribution in [2.24, 2.45) is 0 Å². The average molecular weight is 325 g/mol. The first-order valence-electron chi connectivity index (χ1n) is 7.03. The van der Waals surface area contributed by atoms with Crippen molar-refractivity contribution >= 4 is 9.84 Å². The summed E-state index contributed by atoms with van der Waals surface area (Å²) < 4.78 is 31.1. The van der Waals surface area contributed by atoms with Crippen molar-refractivity contribution in [3.05, 3.63) is 24.5 Å². The van der Waals surface area contributed by atoms with Gasteiger partial charge in [0.05, 0.1) is 30.8 Å². The summed E-state index contributed by atoms with van der Waals surface area (Å²) in [5.41, 5.74) is 0.793. The van der Waals surface area contributed by atoms with Crippen LogP contribution in [0.4, 0.5) is 0 Å². The molecule has 0 N–H and O–H groups in total. The van der Waals surface area contributed by atoms with Gasteiger partial charge in [-0.3, -0.25) is 4.90 Å². The SMILES string of the molecule is C#CCN(CC=C)Cc1cnc(S(=O)(=O)CC)n1CCOC. The Bertz CT molecular complexity index is 629. The van der Waals surface area contributed by atoms with E-state index in [2.05, 4.69) is 17.5 Å². The number of ether oxygens (including phenoxy) is 1. The molecule has 0 aliphatic rings. The van der Waals surface area contributed by atoms with E-state index in [1.807, 2.05) is 4.90 Å². The minimum absolute atomic E-state index is 0.0111. The van der Waals surface area contributed by atoms with Crippen molar-refractivity contribution < 1.29 is 13.2 Å². The average Bonchev–Trinajstić information content (AvgIpc) is 2.89. The molecule has 0 unspecified atom stereocenters. The third kappa shape index (κ3) is 4.70. The van der Waals surface area contributed by atoms with Gasteiger partial charge in [-0.2, -0.15) is 0 Å². The third-order valence-corrected chi connectivity index (χ3v) is 4.81. The molecular formula is C15H23N3O3S. The Morgan fingerprint density at radius 3 is 2.86 bits per heavy atom. The van der Waals surface area contributed by atoms with E-state index in [4.69, 9.17) is 11.2 Å². The molecule has 0 aliphatic heterocycles. The number of hydrogen-bond acceptors (Lipinski definition) is 5. The zero-order valence-electron chi connectivity index (χ0n) is 13.2. The molecule has 0 radical (unpaired) electrons. The van der Waals surface area contributed by atoms with Gasteiger partial charge in [0.15, 0.2) is 0 Å². The van der Waals surface area contributed by atoms with Crippen LogP contribution in [-0.4, -0.2) is 55.4 Å². The topological polar surface area (TPSA) is 64.4 Å². The number of sulfone groups is 1. The number of terminal acetylenes is 1. The highest BCUT2D eigenvalue weighted by atomic mass is 32.2. The number of aromatic nitrogens is 2. The van der Waals surface area contributed by atoms with E-state index in [9.17, 15) is 8.42 Å². The molecule has 0 aromatic carbocycles. The summed E-state index contributed by atoms with van der Waals surface area (Å²) >= 11 is 0. The lowest BCUT2D eigenvalue weighted by atomic mass is 10.3. The Morgan fingerprint density at radius 1 is 1.59 bits per heavy atom. The minimum atomic E-state index is -3.38. The van der Waals surface area contributed by atoms with Crippen LogP contribution in [0.3, 0.4) is 0 Å². The molecule has 7 heteroatoms. The van der Waals surface area contributed by atoms with E-state index in [0.717, 1.165) is 5.69 Å². The molecule has 0 bridgehead atoms. The molecular weight excluding hydrogens is 302 g/mol. The van der Waals surface area contributed by atoms with Crippen LogP contribution in [0, 0.1) is 12.3 Å². The third-order valence-electron chi connectivity index (χ3n) is 3.17. The maximum Gasteiger partial charge on any atom is 0.227 e. The van der Waals surface area contributed by atoms with E-state index >= 15 is 0 Å². The Balaban J connectivity index is 3.13. The van der Waals surface area contributed by atoms with Crippen molar-refractivity contribution in [3.63, 3.8) is 0 Å². The lowest BCUT2D eigenvalue weighted by Crippen LogP contribution is -2.26. The number of rotatable bonds is 10. The molecule has 0 saturated heterocycles. The van der Waals surface area contributed by atoms with Gasteiger partial charge in [0, 0.05) is 26.7 Å². The Morgan fingerprint density at radius 2 is 2.32 bits per heavy atom. The Kier molecular flexibility index (Phi) is 7.32. The fourth-order valence-electron chi connectivity index (χ4n) is 2.04. The van der Waals surface area contributed by atoms with E-state index < -0.39 is 9.84 Å². The molecule has 22 heavy (non-hydrogen) atoms. The standard InChI is InChI=1S/C15H23N3O3S/c1-5-8-17(9-6-2)13-14-12-16-15(22(19,20)7-3)18(14)10-11-21-4/h1,6,12H,2,7-11,13H2,3-4H3. The maximum absolute atomic E-state index is 12.1. The van der Waals surface area contributed by atoms with E-state index in [1.54, 1.807) is 30.9 Å². The normalized spacial score (nSPS) is 11.5. The second-order valence-corrected chi connectivity index (χ2v) is 6.91. The van der Waals surface area contributed by atoms with Crippen molar-refractivity contribution in [2.75, 3.05) is 32.6 Å². The zero-order chi connectivity index (χ0) is 16.6. The highest BCUT2D eigenvalue weighted by Gasteiger charge is 2.22. The fourth-order valence-corrected chi connectivity index (χ4v) is 3.06. The predicted octanol–water partition coefficient (Wildman–Crippen LogP) is 0.944. The molecule has 1 aromatic rings. The molecule has 122 valence electrons. The van der Waals surface area contributed by atoms with Gasteiger partial charge in [0.25, 0.3) is 0 Å². The first-order valence-corrected chi connectivity index (χ1v) is 8.68. The monoisotopic (exact) mass is 325 g/mol. The van der Waals surface area contributed by atoms with Crippen LogP contribution < -0.4 is 0 Å². The summed E-state index contributed by atoms with van der Waals surface area (Å²) in [6.07, 6.45) is 8.71. The maximum atomic E-state index is 12.1. The van der Waals surface area contributed by atoms with Gasteiger partial charge in [0.2, 0.25) is 15.0 Å². The highest BCUT2D eigenvalue weighted by molar-refractivity contribution is 7.91. The van der Waals surface area contributed by atoms with Crippen LogP contribution in [0.25, 0.3) is 0 Å². The van der Waals surface area contributed by atoms with Gasteiger partial charge >= 0.3 is 0 Å². The van der Waals surface area contributed by atoms with Crippen molar-refractivity contribution in [3.8, 4) is 12.3 Å². The summed E-state index contributed by atoms with van der Waals surface area (Å²) in [5, 5.41) is 0.0845. The molecule has 0 atom stereocenters. The highest BCUT2D eigenvalue weighted by Crippen LogP contribution is 2.15. The van der Waals surface area contributed by atoms with Gasteiger partial charge in [-0.25, -0.2) is 13.4 Å². The van der Waals surface area contributed by atoms with Gasteiger partial charge in [-0.05, 0) is 0 Å². The number of imidazole rings is 1. The van der Waals surface area contributed by atoms with Gasteiger partial charge in [-0.15, -0.1) is 13.0 Å². The lowest BCUT2D eigenvalue weighted by Gasteiger charge is -2.19. The van der Waals surface area contributed by atoms with E-state index in [0.29, 0.717) is 32.8 Å². The van der Waals surface area contributed by atoms with Crippen molar-refractivity contribution in [1.82, 2.24) is 14.5 Å². The summed E-state index contributed by atoms with van der Waals surface area (Å²) in [6.45, 7) is 7.73. The number of nitrogens with zero attached hydrogens (tertiary/aromatic N) is 3. The fraction of sp³-hybridized carbons (Fsp3) is 0.533. The molecule has 0 spiro atoms. The Labute approximate surface area is 132 Å². The zero-order valence-corrected chi connectivity index (χ0v) is 14.0. The Hall–Kier alpha value is -1.62. The molecule has 1 rings (SSSR count). The van der Waals surface area contributed by atoms with Crippen LogP contribution in [0.5, 0.6) is 0 Å². The first-order chi connectivity index (χ1) is 10.5. The minimum Gasteiger partial charge on any atom is -0.383 e. The largest absolute Gasteiger partial charge is 0.383 e. The van der Waals surface area contributed by atoms with Crippen LogP contribution in [-0.2, 0) is 27.7 Å². The molecule has 0 aliphatic carbocycles. The molecule has 1 heterocycles. The van der Waals surface area contributed by atoms with E-state index in [-0.39, 0.29) is 10.9 Å². The van der Waals surface area contributed by atoms with Crippen molar-refractivity contribution in [1.29, 1.82) is 0 Å². The number of methoxy groups -OCH3 is 1. The van der Waals surface area contributed by atoms with Crippen LogP contribution in [0.1, 0.15) is 12.6 Å². The molecule has 1 aromatic heterocycles. The molecule has 6 nitrogen and oxygen atoms in total. The lowest BCUT2D eigenvalue weighted by molar-refractivity contribution is 0.182. The van der Waals surface area contributed by atoms with Gasteiger partial charge in [-0.1, -0.05) is 18.9 Å². The van der Waals surface area contributed by atoms with E-state index in [1.165, 1.54) is 0 Å². The van der Waals surface area contributed by atoms with Gasteiger partial charge < -0.3 is 9.30 Å². The van der Waals surface area contributed by atoms with Gasteiger partial charge in [0.1, 0.15) is 0 Å². The first kappa shape index (κ1) is 18.4. The second-order valence-electron chi connectivity index (χ2n) is 4.74.